The van der Waals surface area contributed by atoms with Crippen LogP contribution >= 0.6 is 35.3 Å². The molecule has 1 aromatic rings. The van der Waals surface area contributed by atoms with E-state index in [2.05, 4.69) is 22.5 Å². The number of hydrogen-bond acceptors (Lipinski definition) is 4. The van der Waals surface area contributed by atoms with Crippen molar-refractivity contribution in [2.75, 3.05) is 19.6 Å². The molecular formula is C18H32IN5OS. The van der Waals surface area contributed by atoms with Crippen LogP contribution in [0.25, 0.3) is 0 Å². The van der Waals surface area contributed by atoms with Crippen LogP contribution in [0.2, 0.25) is 0 Å². The maximum absolute atomic E-state index is 12.1. The first-order valence-electron chi connectivity index (χ1n) is 9.17. The molecule has 6 nitrogen and oxygen atoms in total. The molecule has 1 amide bonds. The highest BCUT2D eigenvalue weighted by molar-refractivity contribution is 14.0. The summed E-state index contributed by atoms with van der Waals surface area (Å²) in [5.74, 6) is 1.19. The van der Waals surface area contributed by atoms with Crippen molar-refractivity contribution in [1.82, 2.24) is 20.5 Å². The summed E-state index contributed by atoms with van der Waals surface area (Å²) < 4.78 is 0. The number of guanidine groups is 1. The van der Waals surface area contributed by atoms with Gasteiger partial charge in [-0.05, 0) is 33.6 Å². The van der Waals surface area contributed by atoms with Crippen molar-refractivity contribution >= 4 is 47.2 Å². The Bertz CT molecular complexity index is 609. The summed E-state index contributed by atoms with van der Waals surface area (Å²) in [5, 5.41) is 7.93. The fourth-order valence-corrected chi connectivity index (χ4v) is 3.86. The summed E-state index contributed by atoms with van der Waals surface area (Å²) >= 11 is 1.71. The second-order valence-electron chi connectivity index (χ2n) is 6.84. The van der Waals surface area contributed by atoms with Crippen LogP contribution < -0.4 is 10.6 Å². The fourth-order valence-electron chi connectivity index (χ4n) is 2.99. The van der Waals surface area contributed by atoms with Gasteiger partial charge >= 0.3 is 0 Å². The normalized spacial score (nSPS) is 15.8. The molecule has 0 saturated carbocycles. The smallest absolute Gasteiger partial charge is 0.225 e. The van der Waals surface area contributed by atoms with Crippen LogP contribution in [0.1, 0.15) is 49.2 Å². The summed E-state index contributed by atoms with van der Waals surface area (Å²) in [5.41, 5.74) is 1.07. The molecule has 0 unspecified atom stereocenters. The van der Waals surface area contributed by atoms with Gasteiger partial charge < -0.3 is 15.5 Å². The molecule has 1 fully saturated rings. The third kappa shape index (κ3) is 6.68. The summed E-state index contributed by atoms with van der Waals surface area (Å²) in [6.07, 6.45) is 1.92. The first-order valence-corrected chi connectivity index (χ1v) is 9.98. The number of aromatic nitrogens is 1. The molecule has 1 saturated heterocycles. The lowest BCUT2D eigenvalue weighted by atomic mass is 10.0. The SMILES string of the molecule is CCNC(=NCc1sc(C)nc1C)NC1CCN(C(=O)C(C)C)CC1.I. The van der Waals surface area contributed by atoms with Gasteiger partial charge in [0.2, 0.25) is 5.91 Å². The number of likely N-dealkylation sites (tertiary alicyclic amines) is 1. The van der Waals surface area contributed by atoms with Gasteiger partial charge in [0.05, 0.1) is 17.2 Å². The molecule has 0 aromatic carbocycles. The number of hydrogen-bond donors (Lipinski definition) is 2. The van der Waals surface area contributed by atoms with Gasteiger partial charge in [0.15, 0.2) is 5.96 Å². The summed E-state index contributed by atoms with van der Waals surface area (Å²) in [6, 6.07) is 0.360. The Balaban J connectivity index is 0.00000338. The number of piperidine rings is 1. The minimum atomic E-state index is 0. The van der Waals surface area contributed by atoms with Gasteiger partial charge in [-0.15, -0.1) is 35.3 Å². The number of nitrogens with one attached hydrogen (secondary N) is 2. The Kier molecular flexibility index (Phi) is 9.84. The molecule has 0 spiro atoms. The maximum Gasteiger partial charge on any atom is 0.225 e. The van der Waals surface area contributed by atoms with Crippen molar-refractivity contribution in [2.45, 2.75) is 60.0 Å². The largest absolute Gasteiger partial charge is 0.357 e. The van der Waals surface area contributed by atoms with Gasteiger partial charge in [-0.1, -0.05) is 13.8 Å². The molecule has 8 heteroatoms. The summed E-state index contributed by atoms with van der Waals surface area (Å²) in [4.78, 5) is 24.5. The van der Waals surface area contributed by atoms with Crippen LogP contribution in [0.5, 0.6) is 0 Å². The van der Waals surface area contributed by atoms with Crippen LogP contribution in [0.4, 0.5) is 0 Å². The van der Waals surface area contributed by atoms with Crippen LogP contribution in [-0.2, 0) is 11.3 Å². The van der Waals surface area contributed by atoms with Crippen LogP contribution in [-0.4, -0.2) is 47.4 Å². The Hall–Kier alpha value is -0.900. The monoisotopic (exact) mass is 493 g/mol. The van der Waals surface area contributed by atoms with E-state index in [0.29, 0.717) is 12.6 Å². The molecule has 0 atom stereocenters. The molecular weight excluding hydrogens is 461 g/mol. The zero-order valence-corrected chi connectivity index (χ0v) is 19.6. The van der Waals surface area contributed by atoms with E-state index in [4.69, 9.17) is 4.99 Å². The third-order valence-electron chi connectivity index (χ3n) is 4.37. The Labute approximate surface area is 178 Å². The number of halogens is 1. The fraction of sp³-hybridized carbons (Fsp3) is 0.722. The highest BCUT2D eigenvalue weighted by atomic mass is 127. The maximum atomic E-state index is 12.1. The number of carbonyl (C=O) groups excluding carboxylic acids is 1. The number of aryl methyl sites for hydroxylation is 2. The second kappa shape index (κ2) is 11.1. The van der Waals surface area contributed by atoms with E-state index in [-0.39, 0.29) is 35.8 Å². The lowest BCUT2D eigenvalue weighted by molar-refractivity contribution is -0.135. The first-order chi connectivity index (χ1) is 11.9. The van der Waals surface area contributed by atoms with Gasteiger partial charge in [0.25, 0.3) is 0 Å². The average Bonchev–Trinajstić information content (AvgIpc) is 2.90. The van der Waals surface area contributed by atoms with Crippen molar-refractivity contribution in [1.29, 1.82) is 0 Å². The van der Waals surface area contributed by atoms with E-state index < -0.39 is 0 Å². The molecule has 0 radical (unpaired) electrons. The van der Waals surface area contributed by atoms with Crippen LogP contribution in [0.3, 0.4) is 0 Å². The van der Waals surface area contributed by atoms with E-state index in [0.717, 1.165) is 49.1 Å². The molecule has 1 aromatic heterocycles. The molecule has 148 valence electrons. The molecule has 26 heavy (non-hydrogen) atoms. The first kappa shape index (κ1) is 23.1. The third-order valence-corrected chi connectivity index (χ3v) is 5.42. The molecule has 2 N–H and O–H groups in total. The number of carbonyl (C=O) groups is 1. The van der Waals surface area contributed by atoms with Gasteiger partial charge in [-0.3, -0.25) is 4.79 Å². The standard InChI is InChI=1S/C18H31N5OS.HI/c1-6-19-18(20-11-16-13(4)21-14(5)25-16)22-15-7-9-23(10-8-15)17(24)12(2)3;/h12,15H,6-11H2,1-5H3,(H2,19,20,22);1H. The van der Waals surface area contributed by atoms with E-state index in [1.807, 2.05) is 32.6 Å². The molecule has 0 bridgehead atoms. The predicted molar refractivity (Wildman–Crippen MR) is 119 cm³/mol. The van der Waals surface area contributed by atoms with Crippen molar-refractivity contribution in [2.24, 2.45) is 10.9 Å². The van der Waals surface area contributed by atoms with Crippen molar-refractivity contribution in [3.63, 3.8) is 0 Å². The lowest BCUT2D eigenvalue weighted by Gasteiger charge is -2.34. The predicted octanol–water partition coefficient (Wildman–Crippen LogP) is 3.08. The van der Waals surface area contributed by atoms with Gasteiger partial charge in [-0.2, -0.15) is 0 Å². The lowest BCUT2D eigenvalue weighted by Crippen LogP contribution is -2.50. The highest BCUT2D eigenvalue weighted by Gasteiger charge is 2.24. The molecule has 1 aliphatic heterocycles. The van der Waals surface area contributed by atoms with Crippen LogP contribution in [0, 0.1) is 19.8 Å². The zero-order valence-electron chi connectivity index (χ0n) is 16.5. The topological polar surface area (TPSA) is 69.6 Å². The minimum Gasteiger partial charge on any atom is -0.357 e. The summed E-state index contributed by atoms with van der Waals surface area (Å²) in [7, 11) is 0. The number of amides is 1. The number of aliphatic imine (C=N–C) groups is 1. The van der Waals surface area contributed by atoms with E-state index in [1.54, 1.807) is 11.3 Å². The van der Waals surface area contributed by atoms with E-state index in [1.165, 1.54) is 4.88 Å². The van der Waals surface area contributed by atoms with E-state index >= 15 is 0 Å². The van der Waals surface area contributed by atoms with Crippen molar-refractivity contribution < 1.29 is 4.79 Å². The van der Waals surface area contributed by atoms with Gasteiger partial charge in [0, 0.05) is 36.5 Å². The van der Waals surface area contributed by atoms with E-state index in [9.17, 15) is 4.79 Å². The average molecular weight is 493 g/mol. The minimum absolute atomic E-state index is 0. The van der Waals surface area contributed by atoms with Crippen molar-refractivity contribution in [3.8, 4) is 0 Å². The molecule has 2 heterocycles. The molecule has 0 aliphatic carbocycles. The second-order valence-corrected chi connectivity index (χ2v) is 8.12. The Morgan fingerprint density at radius 3 is 2.50 bits per heavy atom. The van der Waals surface area contributed by atoms with Gasteiger partial charge in [-0.25, -0.2) is 9.98 Å². The van der Waals surface area contributed by atoms with Crippen molar-refractivity contribution in [3.05, 3.63) is 15.6 Å². The summed E-state index contributed by atoms with van der Waals surface area (Å²) in [6.45, 7) is 13.2. The number of thiazole rings is 1. The zero-order chi connectivity index (χ0) is 18.4. The molecule has 1 aliphatic rings. The van der Waals surface area contributed by atoms with Gasteiger partial charge in [0.1, 0.15) is 0 Å². The molecule has 2 rings (SSSR count). The number of rotatable bonds is 5. The highest BCUT2D eigenvalue weighted by Crippen LogP contribution is 2.18. The quantitative estimate of drug-likeness (QED) is 0.376. The Morgan fingerprint density at radius 1 is 1.35 bits per heavy atom. The van der Waals surface area contributed by atoms with Crippen LogP contribution in [0.15, 0.2) is 4.99 Å². The Morgan fingerprint density at radius 2 is 2.00 bits per heavy atom. The number of nitrogens with zero attached hydrogens (tertiary/aromatic N) is 3.